The number of benzene rings is 1. The van der Waals surface area contributed by atoms with Crippen molar-refractivity contribution in [3.8, 4) is 5.75 Å². The molecule has 2 N–H and O–H groups in total. The number of para-hydroxylation sites is 2. The Morgan fingerprint density at radius 3 is 2.57 bits per heavy atom. The summed E-state index contributed by atoms with van der Waals surface area (Å²) in [5.74, 6) is 0.887. The first-order valence-electron chi connectivity index (χ1n) is 10.4. The zero-order valence-electron chi connectivity index (χ0n) is 16.5. The molecule has 1 aromatic carbocycles. The van der Waals surface area contributed by atoms with E-state index in [2.05, 4.69) is 15.5 Å². The number of anilines is 1. The van der Waals surface area contributed by atoms with Gasteiger partial charge in [-0.2, -0.15) is 0 Å². The fourth-order valence-electron chi connectivity index (χ4n) is 4.66. The molecule has 0 bridgehead atoms. The van der Waals surface area contributed by atoms with Crippen LogP contribution in [0.5, 0.6) is 5.75 Å². The molecular formula is C21H30N4O3. The van der Waals surface area contributed by atoms with Crippen molar-refractivity contribution in [3.05, 3.63) is 24.3 Å². The Kier molecular flexibility index (Phi) is 5.71. The van der Waals surface area contributed by atoms with Crippen molar-refractivity contribution in [1.82, 2.24) is 15.5 Å². The van der Waals surface area contributed by atoms with Crippen LogP contribution in [0, 0.1) is 0 Å². The summed E-state index contributed by atoms with van der Waals surface area (Å²) < 4.78 is 5.45. The van der Waals surface area contributed by atoms with Crippen molar-refractivity contribution in [2.75, 3.05) is 38.2 Å². The van der Waals surface area contributed by atoms with E-state index in [1.165, 1.54) is 12.8 Å². The second-order valence-corrected chi connectivity index (χ2v) is 7.97. The van der Waals surface area contributed by atoms with Gasteiger partial charge in [-0.05, 0) is 25.0 Å². The lowest BCUT2D eigenvalue weighted by atomic mass is 9.87. The van der Waals surface area contributed by atoms with Gasteiger partial charge in [-0.15, -0.1) is 0 Å². The van der Waals surface area contributed by atoms with Crippen LogP contribution in [0.1, 0.15) is 32.1 Å². The van der Waals surface area contributed by atoms with Gasteiger partial charge in [0.1, 0.15) is 5.75 Å². The number of nitrogens with one attached hydrogen (secondary N) is 2. The van der Waals surface area contributed by atoms with Crippen LogP contribution < -0.4 is 20.3 Å². The Morgan fingerprint density at radius 2 is 1.82 bits per heavy atom. The van der Waals surface area contributed by atoms with Gasteiger partial charge in [0.05, 0.1) is 25.3 Å². The van der Waals surface area contributed by atoms with Gasteiger partial charge in [-0.3, -0.25) is 9.59 Å². The number of ether oxygens (including phenoxy) is 1. The van der Waals surface area contributed by atoms with E-state index < -0.39 is 6.04 Å². The number of amides is 2. The van der Waals surface area contributed by atoms with Crippen LogP contribution >= 0.6 is 0 Å². The number of hydrogen-bond donors (Lipinski definition) is 2. The number of methoxy groups -OCH3 is 1. The van der Waals surface area contributed by atoms with Crippen molar-refractivity contribution in [2.45, 2.75) is 50.2 Å². The third kappa shape index (κ3) is 3.94. The molecule has 2 amide bonds. The smallest absolute Gasteiger partial charge is 0.237 e. The fourth-order valence-corrected chi connectivity index (χ4v) is 4.66. The van der Waals surface area contributed by atoms with Gasteiger partial charge in [0.25, 0.3) is 0 Å². The summed E-state index contributed by atoms with van der Waals surface area (Å²) >= 11 is 0. The van der Waals surface area contributed by atoms with Crippen LogP contribution in [0.3, 0.4) is 0 Å². The third-order valence-corrected chi connectivity index (χ3v) is 6.26. The fraction of sp³-hybridized carbons (Fsp3) is 0.619. The quantitative estimate of drug-likeness (QED) is 0.812. The van der Waals surface area contributed by atoms with E-state index in [0.717, 1.165) is 37.4 Å². The second-order valence-electron chi connectivity index (χ2n) is 7.97. The van der Waals surface area contributed by atoms with Crippen LogP contribution in [0.4, 0.5) is 5.69 Å². The first-order chi connectivity index (χ1) is 13.7. The summed E-state index contributed by atoms with van der Waals surface area (Å²) in [6.07, 6.45) is 4.71. The Hall–Kier alpha value is -2.28. The van der Waals surface area contributed by atoms with Crippen molar-refractivity contribution in [1.29, 1.82) is 0 Å². The maximum atomic E-state index is 12.8. The number of fused-ring (bicyclic) bond motifs is 1. The largest absolute Gasteiger partial charge is 0.495 e. The molecule has 7 heteroatoms. The second kappa shape index (κ2) is 8.39. The van der Waals surface area contributed by atoms with Gasteiger partial charge in [0, 0.05) is 38.3 Å². The number of hydrogen-bond acceptors (Lipinski definition) is 5. The monoisotopic (exact) mass is 386 g/mol. The lowest BCUT2D eigenvalue weighted by molar-refractivity contribution is -0.136. The molecule has 2 aliphatic heterocycles. The molecular weight excluding hydrogens is 356 g/mol. The van der Waals surface area contributed by atoms with Crippen molar-refractivity contribution in [2.24, 2.45) is 0 Å². The Morgan fingerprint density at radius 1 is 1.11 bits per heavy atom. The average molecular weight is 386 g/mol. The number of nitrogens with zero attached hydrogens (tertiary/aromatic N) is 2. The zero-order chi connectivity index (χ0) is 19.5. The molecule has 0 radical (unpaired) electrons. The van der Waals surface area contributed by atoms with E-state index >= 15 is 0 Å². The average Bonchev–Trinajstić information content (AvgIpc) is 2.74. The molecule has 3 atom stereocenters. The minimum Gasteiger partial charge on any atom is -0.495 e. The molecule has 1 aliphatic carbocycles. The zero-order valence-corrected chi connectivity index (χ0v) is 16.5. The minimum atomic E-state index is -0.404. The van der Waals surface area contributed by atoms with Gasteiger partial charge < -0.3 is 25.2 Å². The van der Waals surface area contributed by atoms with E-state index in [0.29, 0.717) is 19.1 Å². The number of rotatable bonds is 4. The van der Waals surface area contributed by atoms with E-state index in [4.69, 9.17) is 4.74 Å². The summed E-state index contributed by atoms with van der Waals surface area (Å²) in [7, 11) is 1.68. The van der Waals surface area contributed by atoms with E-state index in [1.807, 2.05) is 29.2 Å². The number of carbonyl (C=O) groups excluding carboxylic acids is 2. The van der Waals surface area contributed by atoms with Crippen molar-refractivity contribution in [3.63, 3.8) is 0 Å². The summed E-state index contributed by atoms with van der Waals surface area (Å²) in [4.78, 5) is 29.3. The van der Waals surface area contributed by atoms with Gasteiger partial charge in [0.15, 0.2) is 0 Å². The van der Waals surface area contributed by atoms with Crippen molar-refractivity contribution < 1.29 is 14.3 Å². The van der Waals surface area contributed by atoms with Gasteiger partial charge >= 0.3 is 0 Å². The molecule has 4 rings (SSSR count). The Labute approximate surface area is 166 Å². The lowest BCUT2D eigenvalue weighted by Gasteiger charge is -2.41. The molecule has 28 heavy (non-hydrogen) atoms. The molecule has 0 aromatic heterocycles. The maximum absolute atomic E-state index is 12.8. The van der Waals surface area contributed by atoms with Crippen LogP contribution in [-0.2, 0) is 9.59 Å². The Balaban J connectivity index is 1.31. The highest BCUT2D eigenvalue weighted by Gasteiger charge is 2.37. The highest BCUT2D eigenvalue weighted by Crippen LogP contribution is 2.28. The van der Waals surface area contributed by atoms with Gasteiger partial charge in [-0.25, -0.2) is 0 Å². The first kappa shape index (κ1) is 19.1. The van der Waals surface area contributed by atoms with E-state index in [1.54, 1.807) is 7.11 Å². The molecule has 3 aliphatic rings. The molecule has 0 spiro atoms. The molecule has 2 heterocycles. The topological polar surface area (TPSA) is 73.9 Å². The summed E-state index contributed by atoms with van der Waals surface area (Å²) in [6, 6.07) is 8.11. The summed E-state index contributed by atoms with van der Waals surface area (Å²) in [5, 5.41) is 6.56. The summed E-state index contributed by atoms with van der Waals surface area (Å²) in [5.41, 5.74) is 1.06. The molecule has 1 saturated carbocycles. The molecule has 152 valence electrons. The first-order valence-corrected chi connectivity index (χ1v) is 10.4. The third-order valence-electron chi connectivity index (χ3n) is 6.26. The van der Waals surface area contributed by atoms with Crippen molar-refractivity contribution >= 4 is 17.5 Å². The molecule has 3 fully saturated rings. The predicted molar refractivity (Wildman–Crippen MR) is 108 cm³/mol. The number of piperazine rings is 2. The van der Waals surface area contributed by atoms with Crippen LogP contribution in [0.25, 0.3) is 0 Å². The van der Waals surface area contributed by atoms with Crippen LogP contribution in [0.15, 0.2) is 24.3 Å². The van der Waals surface area contributed by atoms with Crippen LogP contribution in [0.2, 0.25) is 0 Å². The van der Waals surface area contributed by atoms with E-state index in [-0.39, 0.29) is 24.3 Å². The van der Waals surface area contributed by atoms with Gasteiger partial charge in [0.2, 0.25) is 11.8 Å². The number of carbonyl (C=O) groups is 2. The molecule has 1 aromatic rings. The summed E-state index contributed by atoms with van der Waals surface area (Å²) in [6.45, 7) is 2.86. The minimum absolute atomic E-state index is 0.0239. The Bertz CT molecular complexity index is 717. The molecule has 7 nitrogen and oxygen atoms in total. The predicted octanol–water partition coefficient (Wildman–Crippen LogP) is 1.13. The SMILES string of the molecule is COc1ccccc1N1CCN(C(=O)C[C@H]2N[C@@H]3CCCC[C@@H]3NC2=O)CC1. The lowest BCUT2D eigenvalue weighted by Crippen LogP contribution is -2.65. The molecule has 2 saturated heterocycles. The molecule has 0 unspecified atom stereocenters. The maximum Gasteiger partial charge on any atom is 0.237 e. The van der Waals surface area contributed by atoms with Crippen LogP contribution in [-0.4, -0.2) is 68.1 Å². The highest BCUT2D eigenvalue weighted by molar-refractivity contribution is 5.89. The van der Waals surface area contributed by atoms with Gasteiger partial charge in [-0.1, -0.05) is 25.0 Å². The van der Waals surface area contributed by atoms with E-state index in [9.17, 15) is 9.59 Å². The normalized spacial score (nSPS) is 27.8. The standard InChI is InChI=1S/C21H30N4O3/c1-28-19-9-5-4-8-18(19)24-10-12-25(13-11-24)20(26)14-17-21(27)23-16-7-3-2-6-15(16)22-17/h4-5,8-9,15-17,22H,2-3,6-7,10-14H2,1H3,(H,23,27)/t15-,16+,17-/m1/s1. The highest BCUT2D eigenvalue weighted by atomic mass is 16.5.